The van der Waals surface area contributed by atoms with Crippen molar-refractivity contribution in [2.45, 2.75) is 12.5 Å². The van der Waals surface area contributed by atoms with Gasteiger partial charge in [0.1, 0.15) is 0 Å². The van der Waals surface area contributed by atoms with Crippen molar-refractivity contribution >= 4 is 23.9 Å². The van der Waals surface area contributed by atoms with E-state index in [0.29, 0.717) is 0 Å². The van der Waals surface area contributed by atoms with Crippen LogP contribution in [0.15, 0.2) is 24.3 Å². The molecular weight excluding hydrogens is 248 g/mol. The Morgan fingerprint density at radius 1 is 1.28 bits per heavy atom. The maximum absolute atomic E-state index is 11.4. The van der Waals surface area contributed by atoms with E-state index in [-0.39, 0.29) is 5.57 Å². The SMILES string of the molecule is C=C1CC(=O)OOC(=O)C(C(=C)C(=O)O)OC1=O. The predicted octanol–water partition coefficient (Wildman–Crippen LogP) is -0.500. The van der Waals surface area contributed by atoms with Crippen molar-refractivity contribution in [1.82, 2.24) is 0 Å². The molecular formula is C10H8O8. The zero-order valence-corrected chi connectivity index (χ0v) is 9.00. The Balaban J connectivity index is 3.01. The van der Waals surface area contributed by atoms with Crippen molar-refractivity contribution < 1.29 is 38.8 Å². The summed E-state index contributed by atoms with van der Waals surface area (Å²) in [6.07, 6.45) is -2.45. The quantitative estimate of drug-likeness (QED) is 0.399. The molecule has 8 nitrogen and oxygen atoms in total. The van der Waals surface area contributed by atoms with Gasteiger partial charge in [-0.15, -0.1) is 0 Å². The molecule has 0 aromatic rings. The number of esters is 1. The summed E-state index contributed by atoms with van der Waals surface area (Å²) in [5, 5.41) is 8.66. The van der Waals surface area contributed by atoms with Crippen molar-refractivity contribution in [3.05, 3.63) is 24.3 Å². The average molecular weight is 256 g/mol. The van der Waals surface area contributed by atoms with Gasteiger partial charge < -0.3 is 9.84 Å². The van der Waals surface area contributed by atoms with E-state index in [1.165, 1.54) is 0 Å². The molecule has 1 heterocycles. The van der Waals surface area contributed by atoms with Crippen LogP contribution in [-0.4, -0.2) is 35.1 Å². The summed E-state index contributed by atoms with van der Waals surface area (Å²) in [7, 11) is 0. The molecule has 18 heavy (non-hydrogen) atoms. The molecule has 0 aromatic carbocycles. The van der Waals surface area contributed by atoms with Crippen molar-refractivity contribution in [3.63, 3.8) is 0 Å². The number of carboxylic acids is 1. The first-order chi connectivity index (χ1) is 8.32. The molecule has 0 saturated carbocycles. The van der Waals surface area contributed by atoms with Crippen LogP contribution < -0.4 is 0 Å². The molecule has 0 amide bonds. The van der Waals surface area contributed by atoms with E-state index >= 15 is 0 Å². The molecule has 1 aliphatic rings. The number of aliphatic carboxylic acids is 1. The standard InChI is InChI=1S/C10H8O8/c1-4-3-6(11)17-18-10(15)7(16-9(4)14)5(2)8(12)13/h7H,1-3H2,(H,12,13). The molecule has 0 radical (unpaired) electrons. The highest BCUT2D eigenvalue weighted by atomic mass is 17.2. The van der Waals surface area contributed by atoms with Crippen LogP contribution in [0.3, 0.4) is 0 Å². The third-order valence-corrected chi connectivity index (χ3v) is 1.89. The lowest BCUT2D eigenvalue weighted by Crippen LogP contribution is -2.33. The van der Waals surface area contributed by atoms with Gasteiger partial charge >= 0.3 is 23.9 Å². The smallest absolute Gasteiger partial charge is 0.400 e. The molecule has 0 spiro atoms. The molecule has 0 aromatic heterocycles. The van der Waals surface area contributed by atoms with Crippen molar-refractivity contribution in [3.8, 4) is 0 Å². The number of ether oxygens (including phenoxy) is 1. The fraction of sp³-hybridized carbons (Fsp3) is 0.200. The first-order valence-electron chi connectivity index (χ1n) is 4.55. The summed E-state index contributed by atoms with van der Waals surface area (Å²) in [5.74, 6) is -5.09. The highest BCUT2D eigenvalue weighted by Crippen LogP contribution is 2.15. The van der Waals surface area contributed by atoms with E-state index < -0.39 is 42.0 Å². The lowest BCUT2D eigenvalue weighted by molar-refractivity contribution is -0.262. The highest BCUT2D eigenvalue weighted by molar-refractivity contribution is 6.00. The topological polar surface area (TPSA) is 116 Å². The summed E-state index contributed by atoms with van der Waals surface area (Å²) >= 11 is 0. The largest absolute Gasteiger partial charge is 0.478 e. The third kappa shape index (κ3) is 2.94. The van der Waals surface area contributed by atoms with Crippen LogP contribution in [-0.2, 0) is 33.7 Å². The minimum absolute atomic E-state index is 0.304. The Hall–Kier alpha value is -2.64. The number of hydrogen-bond acceptors (Lipinski definition) is 7. The van der Waals surface area contributed by atoms with E-state index in [0.717, 1.165) is 0 Å². The van der Waals surface area contributed by atoms with E-state index in [9.17, 15) is 19.2 Å². The Morgan fingerprint density at radius 2 is 1.89 bits per heavy atom. The maximum Gasteiger partial charge on any atom is 0.400 e. The summed E-state index contributed by atoms with van der Waals surface area (Å²) < 4.78 is 4.54. The molecule has 1 rings (SSSR count). The monoisotopic (exact) mass is 256 g/mol. The van der Waals surface area contributed by atoms with Crippen LogP contribution in [0.1, 0.15) is 6.42 Å². The van der Waals surface area contributed by atoms with Crippen LogP contribution in [0.25, 0.3) is 0 Å². The normalized spacial score (nSPS) is 20.8. The fourth-order valence-corrected chi connectivity index (χ4v) is 0.971. The van der Waals surface area contributed by atoms with E-state index in [1.54, 1.807) is 0 Å². The molecule has 8 heteroatoms. The van der Waals surface area contributed by atoms with Gasteiger partial charge in [-0.3, -0.25) is 0 Å². The average Bonchev–Trinajstić information content (AvgIpc) is 2.34. The van der Waals surface area contributed by atoms with Gasteiger partial charge in [0.25, 0.3) is 0 Å². The molecule has 0 bridgehead atoms. The summed E-state index contributed by atoms with van der Waals surface area (Å²) in [5.41, 5.74) is -1.04. The Morgan fingerprint density at radius 3 is 2.44 bits per heavy atom. The lowest BCUT2D eigenvalue weighted by Gasteiger charge is -2.13. The molecule has 1 unspecified atom stereocenters. The molecule has 1 N–H and O–H groups in total. The van der Waals surface area contributed by atoms with E-state index in [4.69, 9.17) is 5.11 Å². The molecule has 1 aliphatic heterocycles. The number of carboxylic acid groups (broad SMARTS) is 1. The van der Waals surface area contributed by atoms with Gasteiger partial charge in [-0.2, -0.15) is 0 Å². The molecule has 1 fully saturated rings. The maximum atomic E-state index is 11.4. The molecule has 1 saturated heterocycles. The summed E-state index contributed by atoms with van der Waals surface area (Å²) in [6.45, 7) is 6.30. The van der Waals surface area contributed by atoms with E-state index in [2.05, 4.69) is 27.7 Å². The second-order valence-electron chi connectivity index (χ2n) is 3.25. The van der Waals surface area contributed by atoms with Gasteiger partial charge in [-0.1, -0.05) is 13.2 Å². The van der Waals surface area contributed by atoms with Gasteiger partial charge in [0.15, 0.2) is 0 Å². The molecule has 96 valence electrons. The third-order valence-electron chi connectivity index (χ3n) is 1.89. The minimum atomic E-state index is -1.90. The van der Waals surface area contributed by atoms with Gasteiger partial charge in [0, 0.05) is 5.57 Å². The Labute approximate surface area is 100 Å². The van der Waals surface area contributed by atoms with Crippen LogP contribution in [0, 0.1) is 0 Å². The predicted molar refractivity (Wildman–Crippen MR) is 52.6 cm³/mol. The first-order valence-corrected chi connectivity index (χ1v) is 4.55. The van der Waals surface area contributed by atoms with Crippen molar-refractivity contribution in [1.29, 1.82) is 0 Å². The highest BCUT2D eigenvalue weighted by Gasteiger charge is 2.35. The minimum Gasteiger partial charge on any atom is -0.478 e. The Bertz CT molecular complexity index is 460. The summed E-state index contributed by atoms with van der Waals surface area (Å²) in [4.78, 5) is 52.4. The number of hydrogen-bond donors (Lipinski definition) is 1. The van der Waals surface area contributed by atoms with Crippen LogP contribution in [0.2, 0.25) is 0 Å². The van der Waals surface area contributed by atoms with Crippen molar-refractivity contribution in [2.75, 3.05) is 0 Å². The zero-order valence-electron chi connectivity index (χ0n) is 9.00. The zero-order chi connectivity index (χ0) is 13.9. The Kier molecular flexibility index (Phi) is 3.82. The fourth-order valence-electron chi connectivity index (χ4n) is 0.971. The number of carbonyl (C=O) groups excluding carboxylic acids is 3. The van der Waals surface area contributed by atoms with Crippen LogP contribution in [0.4, 0.5) is 0 Å². The van der Waals surface area contributed by atoms with Gasteiger partial charge in [-0.25, -0.2) is 29.0 Å². The second kappa shape index (κ2) is 5.13. The number of rotatable bonds is 2. The summed E-state index contributed by atoms with van der Waals surface area (Å²) in [6, 6.07) is 0. The van der Waals surface area contributed by atoms with Crippen LogP contribution in [0.5, 0.6) is 0 Å². The lowest BCUT2D eigenvalue weighted by atomic mass is 10.1. The van der Waals surface area contributed by atoms with Crippen LogP contribution >= 0.6 is 0 Å². The molecule has 1 atom stereocenters. The second-order valence-corrected chi connectivity index (χ2v) is 3.25. The number of carbonyl (C=O) groups is 4. The van der Waals surface area contributed by atoms with Gasteiger partial charge in [-0.05, 0) is 0 Å². The first kappa shape index (κ1) is 13.4. The number of cyclic esters (lactones) is 1. The van der Waals surface area contributed by atoms with Gasteiger partial charge in [0.2, 0.25) is 6.10 Å². The van der Waals surface area contributed by atoms with Gasteiger partial charge in [0.05, 0.1) is 12.0 Å². The molecule has 0 aliphatic carbocycles. The van der Waals surface area contributed by atoms with Crippen molar-refractivity contribution in [2.24, 2.45) is 0 Å². The van der Waals surface area contributed by atoms with E-state index in [1.807, 2.05) is 0 Å².